The topological polar surface area (TPSA) is 61.4 Å². The third-order valence-electron chi connectivity index (χ3n) is 5.68. The molecule has 6 heteroatoms. The van der Waals surface area contributed by atoms with Crippen molar-refractivity contribution >= 4 is 23.4 Å². The highest BCUT2D eigenvalue weighted by Crippen LogP contribution is 2.24. The van der Waals surface area contributed by atoms with Gasteiger partial charge in [-0.2, -0.15) is 0 Å². The number of nitrogens with zero attached hydrogens (tertiary/aromatic N) is 1. The van der Waals surface area contributed by atoms with Gasteiger partial charge in [-0.15, -0.1) is 0 Å². The predicted molar refractivity (Wildman–Crippen MR) is 121 cm³/mol. The number of nitrogens with one attached hydrogen (secondary N) is 2. The lowest BCUT2D eigenvalue weighted by Gasteiger charge is -2.41. The smallest absolute Gasteiger partial charge is 0.251 e. The number of amides is 2. The molecule has 2 aromatic rings. The molecule has 0 aromatic heterocycles. The number of halogens is 1. The second kappa shape index (κ2) is 10.1. The number of carbonyl (C=O) groups is 2. The van der Waals surface area contributed by atoms with Gasteiger partial charge < -0.3 is 10.6 Å². The molecule has 1 heterocycles. The Morgan fingerprint density at radius 2 is 1.73 bits per heavy atom. The first-order valence-electron chi connectivity index (χ1n) is 10.5. The van der Waals surface area contributed by atoms with E-state index in [2.05, 4.69) is 53.6 Å². The summed E-state index contributed by atoms with van der Waals surface area (Å²) >= 11 is 5.83. The van der Waals surface area contributed by atoms with E-state index in [0.29, 0.717) is 36.5 Å². The van der Waals surface area contributed by atoms with E-state index in [9.17, 15) is 9.59 Å². The van der Waals surface area contributed by atoms with Crippen molar-refractivity contribution in [2.45, 2.75) is 45.2 Å². The van der Waals surface area contributed by atoms with Crippen LogP contribution in [0.3, 0.4) is 0 Å². The zero-order valence-electron chi connectivity index (χ0n) is 17.7. The van der Waals surface area contributed by atoms with Gasteiger partial charge in [0.05, 0.1) is 0 Å². The van der Waals surface area contributed by atoms with Crippen LogP contribution in [0.5, 0.6) is 0 Å². The predicted octanol–water partition coefficient (Wildman–Crippen LogP) is 3.80. The molecule has 30 heavy (non-hydrogen) atoms. The van der Waals surface area contributed by atoms with Crippen LogP contribution in [-0.4, -0.2) is 41.9 Å². The summed E-state index contributed by atoms with van der Waals surface area (Å²) < 4.78 is 0. The van der Waals surface area contributed by atoms with Crippen molar-refractivity contribution in [3.8, 4) is 0 Å². The Morgan fingerprint density at radius 3 is 2.47 bits per heavy atom. The minimum Gasteiger partial charge on any atom is -0.354 e. The zero-order chi connectivity index (χ0) is 21.6. The molecule has 0 saturated heterocycles. The van der Waals surface area contributed by atoms with Crippen LogP contribution in [-0.2, 0) is 17.8 Å². The molecule has 0 aliphatic carbocycles. The second-order valence-electron chi connectivity index (χ2n) is 8.40. The Hall–Kier alpha value is -2.37. The maximum Gasteiger partial charge on any atom is 0.251 e. The Labute approximate surface area is 183 Å². The normalized spacial score (nSPS) is 14.1. The Kier molecular flexibility index (Phi) is 7.51. The zero-order valence-corrected chi connectivity index (χ0v) is 18.5. The van der Waals surface area contributed by atoms with Crippen LogP contribution in [0.4, 0.5) is 0 Å². The summed E-state index contributed by atoms with van der Waals surface area (Å²) in [6.45, 7) is 7.32. The van der Waals surface area contributed by atoms with E-state index in [0.717, 1.165) is 19.5 Å². The van der Waals surface area contributed by atoms with Crippen LogP contribution in [0.25, 0.3) is 0 Å². The van der Waals surface area contributed by atoms with Crippen LogP contribution in [0.15, 0.2) is 48.5 Å². The van der Waals surface area contributed by atoms with Gasteiger partial charge in [-0.3, -0.25) is 14.5 Å². The number of hydrogen-bond acceptors (Lipinski definition) is 3. The van der Waals surface area contributed by atoms with E-state index in [-0.39, 0.29) is 17.4 Å². The summed E-state index contributed by atoms with van der Waals surface area (Å²) in [7, 11) is 0. The second-order valence-corrected chi connectivity index (χ2v) is 8.83. The molecule has 2 aromatic carbocycles. The number of rotatable bonds is 8. The molecule has 1 aliphatic heterocycles. The molecule has 5 nitrogen and oxygen atoms in total. The van der Waals surface area contributed by atoms with Crippen LogP contribution < -0.4 is 10.6 Å². The first-order chi connectivity index (χ1) is 14.3. The molecule has 0 radical (unpaired) electrons. The van der Waals surface area contributed by atoms with Crippen molar-refractivity contribution in [2.75, 3.05) is 19.6 Å². The minimum atomic E-state index is -0.154. The third-order valence-corrected chi connectivity index (χ3v) is 5.93. The number of fused-ring (bicyclic) bond motifs is 1. The highest BCUT2D eigenvalue weighted by molar-refractivity contribution is 6.30. The maximum atomic E-state index is 12.3. The van der Waals surface area contributed by atoms with Gasteiger partial charge in [0, 0.05) is 48.7 Å². The SMILES string of the molecule is CC(C)(CNC(=O)CCCNC(=O)c1ccc(Cl)cc1)N1CCc2ccccc2C1. The van der Waals surface area contributed by atoms with Gasteiger partial charge in [-0.25, -0.2) is 0 Å². The lowest BCUT2D eigenvalue weighted by Crippen LogP contribution is -2.53. The average molecular weight is 428 g/mol. The van der Waals surface area contributed by atoms with E-state index < -0.39 is 0 Å². The van der Waals surface area contributed by atoms with Crippen LogP contribution in [0.2, 0.25) is 5.02 Å². The summed E-state index contributed by atoms with van der Waals surface area (Å²) in [5.74, 6) is -0.139. The van der Waals surface area contributed by atoms with E-state index in [1.165, 1.54) is 11.1 Å². The monoisotopic (exact) mass is 427 g/mol. The molecule has 1 aliphatic rings. The summed E-state index contributed by atoms with van der Waals surface area (Å²) in [4.78, 5) is 26.8. The molecule has 2 amide bonds. The van der Waals surface area contributed by atoms with Crippen LogP contribution in [0, 0.1) is 0 Å². The highest BCUT2D eigenvalue weighted by atomic mass is 35.5. The number of carbonyl (C=O) groups excluding carboxylic acids is 2. The Bertz CT molecular complexity index is 880. The molecular weight excluding hydrogens is 398 g/mol. The van der Waals surface area contributed by atoms with Gasteiger partial charge >= 0.3 is 0 Å². The van der Waals surface area contributed by atoms with Crippen LogP contribution >= 0.6 is 11.6 Å². The van der Waals surface area contributed by atoms with Gasteiger partial charge in [-0.1, -0.05) is 35.9 Å². The molecule has 2 N–H and O–H groups in total. The first-order valence-corrected chi connectivity index (χ1v) is 10.9. The lowest BCUT2D eigenvalue weighted by atomic mass is 9.94. The van der Waals surface area contributed by atoms with Crippen LogP contribution in [0.1, 0.15) is 48.2 Å². The van der Waals surface area contributed by atoms with Gasteiger partial charge in [-0.05, 0) is 62.1 Å². The summed E-state index contributed by atoms with van der Waals surface area (Å²) in [6.07, 6.45) is 2.03. The fourth-order valence-electron chi connectivity index (χ4n) is 3.68. The number of hydrogen-bond donors (Lipinski definition) is 2. The van der Waals surface area contributed by atoms with Crippen molar-refractivity contribution in [3.63, 3.8) is 0 Å². The molecule has 0 spiro atoms. The van der Waals surface area contributed by atoms with Crippen molar-refractivity contribution in [1.29, 1.82) is 0 Å². The van der Waals surface area contributed by atoms with Gasteiger partial charge in [0.2, 0.25) is 5.91 Å². The standard InChI is InChI=1S/C24H30ClN3O2/c1-24(2,28-15-13-18-6-3-4-7-20(18)16-28)17-27-22(29)8-5-14-26-23(30)19-9-11-21(25)12-10-19/h3-4,6-7,9-12H,5,8,13-17H2,1-2H3,(H,26,30)(H,27,29). The number of benzene rings is 2. The molecule has 0 atom stereocenters. The van der Waals surface area contributed by atoms with E-state index in [1.807, 2.05) is 0 Å². The van der Waals surface area contributed by atoms with E-state index in [1.54, 1.807) is 24.3 Å². The molecule has 0 bridgehead atoms. The maximum absolute atomic E-state index is 12.3. The van der Waals surface area contributed by atoms with Crippen molar-refractivity contribution in [1.82, 2.24) is 15.5 Å². The van der Waals surface area contributed by atoms with Crippen molar-refractivity contribution < 1.29 is 9.59 Å². The fourth-order valence-corrected chi connectivity index (χ4v) is 3.81. The fraction of sp³-hybridized carbons (Fsp3) is 0.417. The van der Waals surface area contributed by atoms with Gasteiger partial charge in [0.15, 0.2) is 0 Å². The molecule has 0 fully saturated rings. The molecule has 0 unspecified atom stereocenters. The molecule has 3 rings (SSSR count). The third kappa shape index (κ3) is 6.07. The first kappa shape index (κ1) is 22.3. The molecule has 0 saturated carbocycles. The quantitative estimate of drug-likeness (QED) is 0.630. The highest BCUT2D eigenvalue weighted by Gasteiger charge is 2.29. The molecule has 160 valence electrons. The van der Waals surface area contributed by atoms with Gasteiger partial charge in [0.1, 0.15) is 0 Å². The molecular formula is C24H30ClN3O2. The Morgan fingerprint density at radius 1 is 1.03 bits per heavy atom. The minimum absolute atomic E-state index is 0.0150. The van der Waals surface area contributed by atoms with E-state index >= 15 is 0 Å². The summed E-state index contributed by atoms with van der Waals surface area (Å²) in [5, 5.41) is 6.50. The summed E-state index contributed by atoms with van der Waals surface area (Å²) in [5.41, 5.74) is 3.24. The lowest BCUT2D eigenvalue weighted by molar-refractivity contribution is -0.121. The van der Waals surface area contributed by atoms with Crippen molar-refractivity contribution in [3.05, 3.63) is 70.2 Å². The summed E-state index contributed by atoms with van der Waals surface area (Å²) in [6, 6.07) is 15.3. The largest absolute Gasteiger partial charge is 0.354 e. The van der Waals surface area contributed by atoms with E-state index in [4.69, 9.17) is 11.6 Å². The van der Waals surface area contributed by atoms with Gasteiger partial charge in [0.25, 0.3) is 5.91 Å². The Balaban J connectivity index is 1.37. The van der Waals surface area contributed by atoms with Crippen molar-refractivity contribution in [2.24, 2.45) is 0 Å². The average Bonchev–Trinajstić information content (AvgIpc) is 2.75.